The average molecular weight is 359 g/mol. The Balaban J connectivity index is 1.88. The minimum atomic E-state index is -0.488. The molecule has 0 bridgehead atoms. The molecule has 5 nitrogen and oxygen atoms in total. The molecule has 0 radical (unpaired) electrons. The monoisotopic (exact) mass is 358 g/mol. The third-order valence-corrected chi connectivity index (χ3v) is 4.68. The summed E-state index contributed by atoms with van der Waals surface area (Å²) in [5, 5.41) is 4.46. The molecule has 1 aromatic carbocycles. The van der Waals surface area contributed by atoms with Crippen molar-refractivity contribution in [2.45, 2.75) is 0 Å². The molecule has 0 aliphatic carbocycles. The Kier molecular flexibility index (Phi) is 3.59. The van der Waals surface area contributed by atoms with E-state index in [1.54, 1.807) is 30.6 Å². The van der Waals surface area contributed by atoms with Gasteiger partial charge in [-0.2, -0.15) is 9.50 Å². The summed E-state index contributed by atoms with van der Waals surface area (Å²) < 4.78 is 15.4. The van der Waals surface area contributed by atoms with E-state index in [-0.39, 0.29) is 16.1 Å². The molecule has 4 aromatic rings. The van der Waals surface area contributed by atoms with Crippen molar-refractivity contribution in [3.05, 3.63) is 74.0 Å². The van der Waals surface area contributed by atoms with E-state index in [0.29, 0.717) is 15.3 Å². The third-order valence-electron chi connectivity index (χ3n) is 3.40. The lowest BCUT2D eigenvalue weighted by molar-refractivity contribution is 0.625. The van der Waals surface area contributed by atoms with Gasteiger partial charge in [0, 0.05) is 23.5 Å². The lowest BCUT2D eigenvalue weighted by atomic mass is 10.2. The van der Waals surface area contributed by atoms with E-state index >= 15 is 0 Å². The van der Waals surface area contributed by atoms with E-state index in [1.807, 2.05) is 0 Å². The maximum Gasteiger partial charge on any atom is 0.291 e. The van der Waals surface area contributed by atoms with Gasteiger partial charge in [-0.3, -0.25) is 9.78 Å². The van der Waals surface area contributed by atoms with Crippen LogP contribution in [0, 0.1) is 5.82 Å². The molecule has 3 aromatic heterocycles. The Hall–Kier alpha value is -2.64. The second-order valence-electron chi connectivity index (χ2n) is 4.92. The number of thiazole rings is 1. The minimum absolute atomic E-state index is 0.176. The molecular weight excluding hydrogens is 351 g/mol. The molecule has 0 saturated carbocycles. The average Bonchev–Trinajstić information content (AvgIpc) is 3.12. The number of hydrogen-bond acceptors (Lipinski definition) is 5. The van der Waals surface area contributed by atoms with E-state index in [9.17, 15) is 9.18 Å². The molecule has 0 fully saturated rings. The van der Waals surface area contributed by atoms with Crippen LogP contribution in [0.3, 0.4) is 0 Å². The predicted molar refractivity (Wildman–Crippen MR) is 90.6 cm³/mol. The Bertz CT molecular complexity index is 1140. The third kappa shape index (κ3) is 2.47. The minimum Gasteiger partial charge on any atom is -0.266 e. The summed E-state index contributed by atoms with van der Waals surface area (Å²) in [6.45, 7) is 0. The van der Waals surface area contributed by atoms with E-state index in [1.165, 1.54) is 22.7 Å². The zero-order valence-electron chi connectivity index (χ0n) is 12.0. The number of nitrogens with zero attached hydrogens (tertiary/aromatic N) is 4. The van der Waals surface area contributed by atoms with Crippen molar-refractivity contribution in [3.8, 4) is 11.4 Å². The molecule has 0 atom stereocenters. The van der Waals surface area contributed by atoms with Crippen LogP contribution >= 0.6 is 22.9 Å². The summed E-state index contributed by atoms with van der Waals surface area (Å²) in [6, 6.07) is 7.89. The molecular formula is C16H8ClFN4OS. The van der Waals surface area contributed by atoms with Crippen LogP contribution in [-0.4, -0.2) is 19.6 Å². The first-order chi connectivity index (χ1) is 11.6. The Morgan fingerprint density at radius 1 is 1.21 bits per heavy atom. The van der Waals surface area contributed by atoms with Gasteiger partial charge in [0.05, 0.1) is 9.55 Å². The van der Waals surface area contributed by atoms with Gasteiger partial charge in [0.2, 0.25) is 4.96 Å². The second kappa shape index (κ2) is 5.77. The molecule has 0 spiro atoms. The fourth-order valence-corrected chi connectivity index (χ4v) is 3.34. The van der Waals surface area contributed by atoms with Gasteiger partial charge < -0.3 is 0 Å². The van der Waals surface area contributed by atoms with Crippen molar-refractivity contribution in [1.29, 1.82) is 0 Å². The predicted octanol–water partition coefficient (Wildman–Crippen LogP) is 2.55. The number of hydrogen-bond donors (Lipinski definition) is 0. The van der Waals surface area contributed by atoms with E-state index in [2.05, 4.69) is 15.1 Å². The summed E-state index contributed by atoms with van der Waals surface area (Å²) in [4.78, 5) is 21.2. The van der Waals surface area contributed by atoms with Crippen LogP contribution in [0.2, 0.25) is 5.02 Å². The highest BCUT2D eigenvalue weighted by Crippen LogP contribution is 2.20. The van der Waals surface area contributed by atoms with Gasteiger partial charge in [-0.1, -0.05) is 29.0 Å². The topological polar surface area (TPSA) is 60.2 Å². The van der Waals surface area contributed by atoms with Crippen molar-refractivity contribution in [2.75, 3.05) is 0 Å². The van der Waals surface area contributed by atoms with E-state index < -0.39 is 5.82 Å². The Morgan fingerprint density at radius 3 is 2.71 bits per heavy atom. The van der Waals surface area contributed by atoms with Gasteiger partial charge in [0.25, 0.3) is 5.56 Å². The summed E-state index contributed by atoms with van der Waals surface area (Å²) in [7, 11) is 0. The zero-order chi connectivity index (χ0) is 16.7. The van der Waals surface area contributed by atoms with Gasteiger partial charge in [-0.15, -0.1) is 5.10 Å². The van der Waals surface area contributed by atoms with Crippen LogP contribution in [0.25, 0.3) is 22.4 Å². The highest BCUT2D eigenvalue weighted by molar-refractivity contribution is 7.15. The molecule has 118 valence electrons. The van der Waals surface area contributed by atoms with Crippen LogP contribution in [0.15, 0.2) is 47.5 Å². The Morgan fingerprint density at radius 2 is 2.00 bits per heavy atom. The lowest BCUT2D eigenvalue weighted by Crippen LogP contribution is -2.23. The van der Waals surface area contributed by atoms with Crippen molar-refractivity contribution < 1.29 is 4.39 Å². The highest BCUT2D eigenvalue weighted by Gasteiger charge is 2.13. The smallest absolute Gasteiger partial charge is 0.266 e. The van der Waals surface area contributed by atoms with Crippen molar-refractivity contribution in [2.24, 2.45) is 0 Å². The molecule has 8 heteroatoms. The molecule has 0 amide bonds. The number of pyridine rings is 1. The molecule has 4 rings (SSSR count). The fourth-order valence-electron chi connectivity index (χ4n) is 2.24. The first kappa shape index (κ1) is 14.9. The summed E-state index contributed by atoms with van der Waals surface area (Å²) >= 11 is 7.13. The van der Waals surface area contributed by atoms with Crippen LogP contribution in [0.4, 0.5) is 4.39 Å². The normalized spacial score (nSPS) is 12.2. The SMILES string of the molecule is O=c1/c(=C/c2c(F)cccc2Cl)sc2nc(-c3ccncc3)nn12. The molecule has 0 N–H and O–H groups in total. The fraction of sp³-hybridized carbons (Fsp3) is 0. The number of aromatic nitrogens is 4. The molecule has 0 aliphatic heterocycles. The first-order valence-electron chi connectivity index (χ1n) is 6.89. The van der Waals surface area contributed by atoms with Crippen LogP contribution in [0.5, 0.6) is 0 Å². The van der Waals surface area contributed by atoms with Gasteiger partial charge in [-0.25, -0.2) is 4.39 Å². The zero-order valence-corrected chi connectivity index (χ0v) is 13.6. The molecule has 0 saturated heterocycles. The molecule has 0 unspecified atom stereocenters. The molecule has 0 aliphatic rings. The number of benzene rings is 1. The molecule has 3 heterocycles. The second-order valence-corrected chi connectivity index (χ2v) is 6.33. The number of rotatable bonds is 2. The van der Waals surface area contributed by atoms with Crippen molar-refractivity contribution in [1.82, 2.24) is 19.6 Å². The summed E-state index contributed by atoms with van der Waals surface area (Å²) in [5.74, 6) is -0.0467. The number of fused-ring (bicyclic) bond motifs is 1. The maximum atomic E-state index is 13.9. The van der Waals surface area contributed by atoms with Gasteiger partial charge in [0.1, 0.15) is 5.82 Å². The standard InChI is InChI=1S/C16H8ClFN4OS/c17-11-2-1-3-12(18)10(11)8-13-15(23)22-16(24-13)20-14(21-22)9-4-6-19-7-5-9/h1-8H/b13-8-. The summed E-state index contributed by atoms with van der Waals surface area (Å²) in [5.41, 5.74) is 0.584. The number of halogens is 2. The summed E-state index contributed by atoms with van der Waals surface area (Å²) in [6.07, 6.45) is 4.68. The highest BCUT2D eigenvalue weighted by atomic mass is 35.5. The van der Waals surface area contributed by atoms with E-state index in [0.717, 1.165) is 16.9 Å². The first-order valence-corrected chi connectivity index (χ1v) is 8.08. The van der Waals surface area contributed by atoms with Gasteiger partial charge in [-0.05, 0) is 30.3 Å². The molecule has 24 heavy (non-hydrogen) atoms. The van der Waals surface area contributed by atoms with Crippen LogP contribution in [0.1, 0.15) is 5.56 Å². The van der Waals surface area contributed by atoms with Gasteiger partial charge in [0.15, 0.2) is 5.82 Å². The quantitative estimate of drug-likeness (QED) is 0.552. The maximum absolute atomic E-state index is 13.9. The van der Waals surface area contributed by atoms with Crippen molar-refractivity contribution >= 4 is 34.0 Å². The van der Waals surface area contributed by atoms with E-state index in [4.69, 9.17) is 11.6 Å². The van der Waals surface area contributed by atoms with Crippen LogP contribution in [-0.2, 0) is 0 Å². The Labute approximate surface area is 143 Å². The van der Waals surface area contributed by atoms with Gasteiger partial charge >= 0.3 is 0 Å². The van der Waals surface area contributed by atoms with Crippen LogP contribution < -0.4 is 10.1 Å². The largest absolute Gasteiger partial charge is 0.291 e. The van der Waals surface area contributed by atoms with Crippen molar-refractivity contribution in [3.63, 3.8) is 0 Å². The lowest BCUT2D eigenvalue weighted by Gasteiger charge is -1.97.